The number of benzene rings is 1. The molecule has 96 valence electrons. The van der Waals surface area contributed by atoms with E-state index in [2.05, 4.69) is 49.2 Å². The van der Waals surface area contributed by atoms with Crippen LogP contribution in [0.5, 0.6) is 0 Å². The molecular formula is C15H20N2O. The molecular weight excluding hydrogens is 224 g/mol. The Morgan fingerprint density at radius 3 is 2.50 bits per heavy atom. The van der Waals surface area contributed by atoms with Gasteiger partial charge in [-0.25, -0.2) is 0 Å². The van der Waals surface area contributed by atoms with E-state index in [9.17, 15) is 0 Å². The summed E-state index contributed by atoms with van der Waals surface area (Å²) in [5.74, 6) is 0. The van der Waals surface area contributed by atoms with Gasteiger partial charge >= 0.3 is 0 Å². The summed E-state index contributed by atoms with van der Waals surface area (Å²) in [7, 11) is 2.08. The molecule has 0 N–H and O–H groups in total. The fourth-order valence-corrected chi connectivity index (χ4v) is 2.21. The van der Waals surface area contributed by atoms with Gasteiger partial charge in [0.25, 0.3) is 0 Å². The minimum Gasteiger partial charge on any atom is -0.378 e. The minimum absolute atomic E-state index is 0.262. The van der Waals surface area contributed by atoms with Gasteiger partial charge in [-0.05, 0) is 26.0 Å². The molecule has 0 radical (unpaired) electrons. The lowest BCUT2D eigenvalue weighted by Crippen LogP contribution is -2.49. The largest absolute Gasteiger partial charge is 0.378 e. The fourth-order valence-electron chi connectivity index (χ4n) is 2.21. The first-order valence-corrected chi connectivity index (χ1v) is 6.37. The second-order valence-electron chi connectivity index (χ2n) is 5.36. The van der Waals surface area contributed by atoms with Crippen molar-refractivity contribution in [2.24, 2.45) is 5.41 Å². The topological polar surface area (TPSA) is 36.3 Å². The molecule has 0 atom stereocenters. The van der Waals surface area contributed by atoms with Crippen molar-refractivity contribution in [2.45, 2.75) is 13.3 Å². The molecule has 0 spiro atoms. The highest BCUT2D eigenvalue weighted by Crippen LogP contribution is 2.27. The Morgan fingerprint density at radius 2 is 2.00 bits per heavy atom. The van der Waals surface area contributed by atoms with Crippen molar-refractivity contribution in [3.05, 3.63) is 35.4 Å². The number of aryl methyl sites for hydroxylation is 1. The van der Waals surface area contributed by atoms with Gasteiger partial charge in [-0.3, -0.25) is 0 Å². The van der Waals surface area contributed by atoms with Crippen LogP contribution in [0, 0.1) is 23.7 Å². The van der Waals surface area contributed by atoms with E-state index in [-0.39, 0.29) is 5.41 Å². The molecule has 3 heteroatoms. The molecule has 1 fully saturated rings. The van der Waals surface area contributed by atoms with E-state index in [1.54, 1.807) is 0 Å². The van der Waals surface area contributed by atoms with Crippen molar-refractivity contribution in [2.75, 3.05) is 33.4 Å². The quantitative estimate of drug-likeness (QED) is 0.795. The van der Waals surface area contributed by atoms with Crippen molar-refractivity contribution in [3.8, 4) is 6.07 Å². The lowest BCUT2D eigenvalue weighted by molar-refractivity contribution is -0.0886. The Morgan fingerprint density at radius 1 is 1.33 bits per heavy atom. The van der Waals surface area contributed by atoms with Gasteiger partial charge in [0.15, 0.2) is 0 Å². The Balaban J connectivity index is 1.80. The van der Waals surface area contributed by atoms with Crippen molar-refractivity contribution in [1.82, 2.24) is 4.90 Å². The summed E-state index contributed by atoms with van der Waals surface area (Å²) in [6, 6.07) is 11.0. The van der Waals surface area contributed by atoms with Crippen LogP contribution in [0.1, 0.15) is 11.1 Å². The number of nitrogens with zero attached hydrogens (tertiary/aromatic N) is 2. The second-order valence-corrected chi connectivity index (χ2v) is 5.36. The molecule has 18 heavy (non-hydrogen) atoms. The van der Waals surface area contributed by atoms with Crippen LogP contribution in [0.2, 0.25) is 0 Å². The third kappa shape index (κ3) is 3.10. The Hall–Kier alpha value is -1.37. The number of likely N-dealkylation sites (N-methyl/N-ethyl adjacent to an activating group) is 1. The summed E-state index contributed by atoms with van der Waals surface area (Å²) in [6.07, 6.45) is 1.03. The first-order valence-electron chi connectivity index (χ1n) is 6.37. The maximum Gasteiger partial charge on any atom is 0.116 e. The van der Waals surface area contributed by atoms with Crippen LogP contribution >= 0.6 is 0 Å². The maximum atomic E-state index is 9.14. The van der Waals surface area contributed by atoms with Crippen molar-refractivity contribution >= 4 is 0 Å². The van der Waals surface area contributed by atoms with Gasteiger partial charge in [-0.2, -0.15) is 5.26 Å². The molecule has 1 aliphatic rings. The summed E-state index contributed by atoms with van der Waals surface area (Å²) < 4.78 is 5.16. The zero-order valence-corrected chi connectivity index (χ0v) is 11.1. The lowest BCUT2D eigenvalue weighted by atomic mass is 9.87. The number of hydrogen-bond acceptors (Lipinski definition) is 3. The molecule has 1 aliphatic heterocycles. The highest BCUT2D eigenvalue weighted by molar-refractivity contribution is 5.21. The van der Waals surface area contributed by atoms with E-state index in [0.29, 0.717) is 13.2 Å². The van der Waals surface area contributed by atoms with Gasteiger partial charge in [0.2, 0.25) is 0 Å². The maximum absolute atomic E-state index is 9.14. The summed E-state index contributed by atoms with van der Waals surface area (Å²) in [5, 5.41) is 9.14. The van der Waals surface area contributed by atoms with Crippen LogP contribution in [-0.2, 0) is 11.2 Å². The molecule has 1 aromatic rings. The molecule has 1 heterocycles. The van der Waals surface area contributed by atoms with E-state index in [1.807, 2.05) is 0 Å². The van der Waals surface area contributed by atoms with Gasteiger partial charge in [0, 0.05) is 13.1 Å². The molecule has 3 nitrogen and oxygen atoms in total. The second kappa shape index (κ2) is 5.51. The first kappa shape index (κ1) is 13.1. The molecule has 0 bridgehead atoms. The third-order valence-corrected chi connectivity index (χ3v) is 3.47. The van der Waals surface area contributed by atoms with Crippen LogP contribution in [0.3, 0.4) is 0 Å². The summed E-state index contributed by atoms with van der Waals surface area (Å²) in [5.41, 5.74) is 2.38. The summed E-state index contributed by atoms with van der Waals surface area (Å²) in [4.78, 5) is 2.23. The molecule has 0 aliphatic carbocycles. The molecule has 0 amide bonds. The molecule has 0 saturated carbocycles. The van der Waals surface area contributed by atoms with Crippen LogP contribution in [0.4, 0.5) is 0 Å². The van der Waals surface area contributed by atoms with Crippen molar-refractivity contribution in [1.29, 1.82) is 5.26 Å². The van der Waals surface area contributed by atoms with Gasteiger partial charge in [-0.1, -0.05) is 29.8 Å². The standard InChI is InChI=1S/C15H20N2O/c1-13-3-5-14(6-4-13)7-8-17(2)10-15(9-16)11-18-12-15/h3-6H,7-8,10-12H2,1-2H3. The van der Waals surface area contributed by atoms with Gasteiger partial charge < -0.3 is 9.64 Å². The minimum atomic E-state index is -0.262. The molecule has 0 unspecified atom stereocenters. The van der Waals surface area contributed by atoms with E-state index in [4.69, 9.17) is 10.00 Å². The number of ether oxygens (including phenoxy) is 1. The Kier molecular flexibility index (Phi) is 4.00. The average molecular weight is 244 g/mol. The zero-order valence-electron chi connectivity index (χ0n) is 11.1. The fraction of sp³-hybridized carbons (Fsp3) is 0.533. The highest BCUT2D eigenvalue weighted by Gasteiger charge is 2.39. The monoisotopic (exact) mass is 244 g/mol. The van der Waals surface area contributed by atoms with Gasteiger partial charge in [-0.15, -0.1) is 0 Å². The number of rotatable bonds is 5. The summed E-state index contributed by atoms with van der Waals surface area (Å²) >= 11 is 0. The predicted octanol–water partition coefficient (Wildman–Crippen LogP) is 2.01. The molecule has 0 aromatic heterocycles. The number of nitriles is 1. The van der Waals surface area contributed by atoms with Gasteiger partial charge in [0.1, 0.15) is 5.41 Å². The molecule has 1 aromatic carbocycles. The van der Waals surface area contributed by atoms with E-state index in [1.165, 1.54) is 11.1 Å². The van der Waals surface area contributed by atoms with Crippen molar-refractivity contribution in [3.63, 3.8) is 0 Å². The van der Waals surface area contributed by atoms with Crippen molar-refractivity contribution < 1.29 is 4.74 Å². The van der Waals surface area contributed by atoms with E-state index in [0.717, 1.165) is 19.5 Å². The first-order chi connectivity index (χ1) is 8.63. The lowest BCUT2D eigenvalue weighted by Gasteiger charge is -2.38. The van der Waals surface area contributed by atoms with Crippen LogP contribution < -0.4 is 0 Å². The van der Waals surface area contributed by atoms with Crippen LogP contribution in [0.25, 0.3) is 0 Å². The third-order valence-electron chi connectivity index (χ3n) is 3.47. The zero-order chi connectivity index (χ0) is 13.0. The average Bonchev–Trinajstić information content (AvgIpc) is 2.33. The smallest absolute Gasteiger partial charge is 0.116 e. The predicted molar refractivity (Wildman–Crippen MR) is 71.2 cm³/mol. The molecule has 2 rings (SSSR count). The Bertz CT molecular complexity index is 429. The summed E-state index contributed by atoms with van der Waals surface area (Å²) in [6.45, 7) is 5.04. The normalized spacial score (nSPS) is 17.2. The van der Waals surface area contributed by atoms with Crippen LogP contribution in [0.15, 0.2) is 24.3 Å². The number of hydrogen-bond donors (Lipinski definition) is 0. The van der Waals surface area contributed by atoms with E-state index >= 15 is 0 Å². The Labute approximate surface area is 109 Å². The highest BCUT2D eigenvalue weighted by atomic mass is 16.5. The SMILES string of the molecule is Cc1ccc(CCN(C)CC2(C#N)COC2)cc1. The van der Waals surface area contributed by atoms with Gasteiger partial charge in [0.05, 0.1) is 19.3 Å². The molecule has 1 saturated heterocycles. The van der Waals surface area contributed by atoms with Crippen LogP contribution in [-0.4, -0.2) is 38.3 Å². The van der Waals surface area contributed by atoms with E-state index < -0.39 is 0 Å².